The standard InChI is InChI=1S/C12H29NSi2/c1-11-7-6-8-12(2)13(11)14-9-10-15(3,4)5/h11-12H,6-10,14H2,1-5H3. The Balaban J connectivity index is 2.29. The van der Waals surface area contributed by atoms with Gasteiger partial charge >= 0.3 is 0 Å². The Kier molecular flexibility index (Phi) is 5.06. The van der Waals surface area contributed by atoms with Gasteiger partial charge in [0.15, 0.2) is 0 Å². The van der Waals surface area contributed by atoms with Gasteiger partial charge in [0.05, 0.1) is 9.68 Å². The van der Waals surface area contributed by atoms with Crippen LogP contribution in [0.4, 0.5) is 0 Å². The van der Waals surface area contributed by atoms with E-state index < -0.39 is 8.07 Å². The van der Waals surface area contributed by atoms with E-state index in [0.717, 1.165) is 12.1 Å². The van der Waals surface area contributed by atoms with Crippen molar-refractivity contribution in [1.29, 1.82) is 0 Å². The molecule has 1 aliphatic heterocycles. The Hall–Kier alpha value is 0.394. The van der Waals surface area contributed by atoms with Crippen molar-refractivity contribution in [3.05, 3.63) is 0 Å². The van der Waals surface area contributed by atoms with Crippen LogP contribution in [0.15, 0.2) is 0 Å². The first-order valence-corrected chi connectivity index (χ1v) is 12.0. The van der Waals surface area contributed by atoms with Crippen LogP contribution in [0.25, 0.3) is 0 Å². The molecule has 2 atom stereocenters. The lowest BCUT2D eigenvalue weighted by Gasteiger charge is -2.39. The molecule has 90 valence electrons. The quantitative estimate of drug-likeness (QED) is 0.686. The minimum Gasteiger partial charge on any atom is -0.324 e. The average molecular weight is 244 g/mol. The summed E-state index contributed by atoms with van der Waals surface area (Å²) in [6.45, 7) is 12.4. The van der Waals surface area contributed by atoms with Crippen LogP contribution in [0, 0.1) is 0 Å². The van der Waals surface area contributed by atoms with Crippen LogP contribution < -0.4 is 0 Å². The molecule has 15 heavy (non-hydrogen) atoms. The van der Waals surface area contributed by atoms with E-state index in [9.17, 15) is 0 Å². The van der Waals surface area contributed by atoms with Crippen molar-refractivity contribution in [2.24, 2.45) is 0 Å². The summed E-state index contributed by atoms with van der Waals surface area (Å²) in [5, 5.41) is 0. The lowest BCUT2D eigenvalue weighted by molar-refractivity contribution is 0.206. The fraction of sp³-hybridized carbons (Fsp3) is 1.00. The van der Waals surface area contributed by atoms with E-state index in [1.807, 2.05) is 0 Å². The summed E-state index contributed by atoms with van der Waals surface area (Å²) < 4.78 is 2.88. The van der Waals surface area contributed by atoms with E-state index in [0.29, 0.717) is 0 Å². The summed E-state index contributed by atoms with van der Waals surface area (Å²) in [6.07, 6.45) is 4.36. The zero-order valence-electron chi connectivity index (χ0n) is 11.3. The van der Waals surface area contributed by atoms with Crippen molar-refractivity contribution in [1.82, 2.24) is 4.57 Å². The molecule has 1 fully saturated rings. The normalized spacial score (nSPS) is 30.2. The Labute approximate surface area is 99.5 Å². The number of nitrogens with zero attached hydrogens (tertiary/aromatic N) is 1. The molecular weight excluding hydrogens is 214 g/mol. The van der Waals surface area contributed by atoms with E-state index in [-0.39, 0.29) is 9.68 Å². The van der Waals surface area contributed by atoms with Crippen molar-refractivity contribution in [2.75, 3.05) is 0 Å². The van der Waals surface area contributed by atoms with Gasteiger partial charge in [0.2, 0.25) is 0 Å². The molecule has 1 nitrogen and oxygen atoms in total. The zero-order valence-corrected chi connectivity index (χ0v) is 13.8. The summed E-state index contributed by atoms with van der Waals surface area (Å²) in [4.78, 5) is 0. The first kappa shape index (κ1) is 13.5. The number of rotatable bonds is 4. The van der Waals surface area contributed by atoms with Crippen LogP contribution in [0.2, 0.25) is 31.7 Å². The van der Waals surface area contributed by atoms with Gasteiger partial charge in [0.1, 0.15) is 0 Å². The third-order valence-electron chi connectivity index (χ3n) is 3.72. The highest BCUT2D eigenvalue weighted by atomic mass is 28.3. The Morgan fingerprint density at radius 2 is 1.67 bits per heavy atom. The molecule has 1 rings (SSSR count). The molecule has 1 saturated heterocycles. The molecule has 0 saturated carbocycles. The molecule has 1 aliphatic rings. The Morgan fingerprint density at radius 3 is 2.13 bits per heavy atom. The summed E-state index contributed by atoms with van der Waals surface area (Å²) in [6, 6.07) is 4.89. The monoisotopic (exact) mass is 243 g/mol. The Morgan fingerprint density at radius 1 is 1.13 bits per heavy atom. The van der Waals surface area contributed by atoms with Gasteiger partial charge in [-0.1, -0.05) is 52.0 Å². The highest BCUT2D eigenvalue weighted by Gasteiger charge is 2.24. The van der Waals surface area contributed by atoms with Gasteiger partial charge in [-0.25, -0.2) is 0 Å². The molecule has 0 aromatic rings. The van der Waals surface area contributed by atoms with Crippen LogP contribution >= 0.6 is 0 Å². The fourth-order valence-electron chi connectivity index (χ4n) is 2.71. The first-order chi connectivity index (χ1) is 6.90. The number of hydrogen-bond donors (Lipinski definition) is 0. The molecule has 0 bridgehead atoms. The molecule has 0 spiro atoms. The van der Waals surface area contributed by atoms with E-state index in [1.165, 1.54) is 19.3 Å². The summed E-state index contributed by atoms with van der Waals surface area (Å²) >= 11 is 0. The van der Waals surface area contributed by atoms with Crippen LogP contribution in [0.3, 0.4) is 0 Å². The lowest BCUT2D eigenvalue weighted by Crippen LogP contribution is -2.46. The van der Waals surface area contributed by atoms with Crippen molar-refractivity contribution >= 4 is 17.8 Å². The average Bonchev–Trinajstić information content (AvgIpc) is 2.08. The highest BCUT2D eigenvalue weighted by Crippen LogP contribution is 2.22. The van der Waals surface area contributed by atoms with Crippen molar-refractivity contribution in [3.8, 4) is 0 Å². The first-order valence-electron chi connectivity index (χ1n) is 6.66. The summed E-state index contributed by atoms with van der Waals surface area (Å²) in [7, 11) is -0.719. The van der Waals surface area contributed by atoms with Crippen LogP contribution in [0.5, 0.6) is 0 Å². The van der Waals surface area contributed by atoms with Crippen molar-refractivity contribution in [3.63, 3.8) is 0 Å². The van der Waals surface area contributed by atoms with Gasteiger partial charge in [0.25, 0.3) is 0 Å². The topological polar surface area (TPSA) is 3.24 Å². The van der Waals surface area contributed by atoms with Crippen LogP contribution in [0.1, 0.15) is 33.1 Å². The Bertz CT molecular complexity index is 179. The van der Waals surface area contributed by atoms with E-state index in [1.54, 1.807) is 12.1 Å². The SMILES string of the molecule is CC1CCCC(C)N1[SiH2]CC[Si](C)(C)C. The van der Waals surface area contributed by atoms with Gasteiger partial charge in [-0.15, -0.1) is 0 Å². The van der Waals surface area contributed by atoms with Gasteiger partial charge in [0, 0.05) is 20.2 Å². The number of hydrogen-bond acceptors (Lipinski definition) is 1. The smallest absolute Gasteiger partial charge is 0.0954 e. The molecular formula is C12H29NSi2. The second-order valence-electron chi connectivity index (χ2n) is 6.53. The van der Waals surface area contributed by atoms with Gasteiger partial charge in [-0.05, 0) is 12.8 Å². The minimum absolute atomic E-state index is 0.0589. The predicted octanol–water partition coefficient (Wildman–Crippen LogP) is 3.09. The molecule has 0 N–H and O–H groups in total. The second kappa shape index (κ2) is 5.64. The maximum atomic E-state index is 2.88. The van der Waals surface area contributed by atoms with Crippen molar-refractivity contribution < 1.29 is 0 Å². The second-order valence-corrected chi connectivity index (χ2v) is 14.0. The van der Waals surface area contributed by atoms with Gasteiger partial charge < -0.3 is 4.57 Å². The largest absolute Gasteiger partial charge is 0.324 e. The molecule has 3 heteroatoms. The third-order valence-corrected chi connectivity index (χ3v) is 8.71. The molecule has 1 heterocycles. The molecule has 2 unspecified atom stereocenters. The zero-order chi connectivity index (χ0) is 11.5. The fourth-order valence-corrected chi connectivity index (χ4v) is 9.19. The molecule has 0 radical (unpaired) electrons. The lowest BCUT2D eigenvalue weighted by atomic mass is 10.0. The van der Waals surface area contributed by atoms with Crippen LogP contribution in [-0.4, -0.2) is 34.4 Å². The van der Waals surface area contributed by atoms with Gasteiger partial charge in [-0.3, -0.25) is 0 Å². The van der Waals surface area contributed by atoms with Gasteiger partial charge in [-0.2, -0.15) is 0 Å². The third kappa shape index (κ3) is 4.83. The predicted molar refractivity (Wildman–Crippen MR) is 76.1 cm³/mol. The van der Waals surface area contributed by atoms with E-state index in [4.69, 9.17) is 0 Å². The molecule has 0 amide bonds. The maximum Gasteiger partial charge on any atom is 0.0954 e. The summed E-state index contributed by atoms with van der Waals surface area (Å²) in [5.41, 5.74) is 0. The van der Waals surface area contributed by atoms with E-state index >= 15 is 0 Å². The highest BCUT2D eigenvalue weighted by molar-refractivity contribution is 6.76. The van der Waals surface area contributed by atoms with Crippen LogP contribution in [-0.2, 0) is 0 Å². The minimum atomic E-state index is -0.778. The van der Waals surface area contributed by atoms with Crippen molar-refractivity contribution in [2.45, 2.75) is 76.9 Å². The molecule has 0 aromatic heterocycles. The summed E-state index contributed by atoms with van der Waals surface area (Å²) in [5.74, 6) is 0. The number of piperidine rings is 1. The molecule has 0 aliphatic carbocycles. The van der Waals surface area contributed by atoms with E-state index in [2.05, 4.69) is 38.1 Å². The molecule has 0 aromatic carbocycles. The maximum absolute atomic E-state index is 2.88.